The van der Waals surface area contributed by atoms with Gasteiger partial charge in [0.25, 0.3) is 11.8 Å². The summed E-state index contributed by atoms with van der Waals surface area (Å²) in [5, 5.41) is 17.4. The number of carbonyl (C=O) groups excluding carboxylic acids is 1. The van der Waals surface area contributed by atoms with Crippen molar-refractivity contribution in [1.82, 2.24) is 10.1 Å². The lowest BCUT2D eigenvalue weighted by atomic mass is 10.1. The molecule has 0 radical (unpaired) electrons. The first kappa shape index (κ1) is 18.9. The maximum Gasteiger partial charge on any atom is 0.433 e. The van der Waals surface area contributed by atoms with Crippen LogP contribution in [0.4, 0.5) is 11.6 Å². The zero-order valence-electron chi connectivity index (χ0n) is 15.6. The fourth-order valence-electron chi connectivity index (χ4n) is 2.70. The molecule has 0 bridgehead atoms. The number of furan rings is 1. The van der Waals surface area contributed by atoms with E-state index in [1.807, 2.05) is 0 Å². The minimum atomic E-state index is -0.718. The van der Waals surface area contributed by atoms with Crippen LogP contribution in [0.15, 0.2) is 69.6 Å². The lowest BCUT2D eigenvalue weighted by Gasteiger charge is -2.06. The molecule has 0 saturated carbocycles. The third-order valence-corrected chi connectivity index (χ3v) is 4.18. The van der Waals surface area contributed by atoms with Crippen molar-refractivity contribution in [2.75, 3.05) is 12.4 Å². The molecule has 150 valence electrons. The molecule has 10 heteroatoms. The van der Waals surface area contributed by atoms with Crippen LogP contribution >= 0.6 is 0 Å². The Bertz CT molecular complexity index is 1210. The van der Waals surface area contributed by atoms with E-state index in [-0.39, 0.29) is 11.7 Å². The van der Waals surface area contributed by atoms with E-state index in [2.05, 4.69) is 15.5 Å². The standard InChI is InChI=1S/C20H14N4O6/c1-28-13-8-6-12(7-9-13)18-22-20(30-23-18)14-4-2-3-5-15(14)21-19(25)16-10-11-17(29-16)24(26)27/h2-11H,1H3,(H,21,25). The zero-order chi connectivity index (χ0) is 21.1. The number of hydrogen-bond donors (Lipinski definition) is 1. The van der Waals surface area contributed by atoms with Crippen molar-refractivity contribution in [1.29, 1.82) is 0 Å². The molecule has 2 heterocycles. The predicted octanol–water partition coefficient (Wildman–Crippen LogP) is 4.17. The van der Waals surface area contributed by atoms with Gasteiger partial charge in [-0.25, -0.2) is 0 Å². The van der Waals surface area contributed by atoms with Crippen LogP contribution in [0.25, 0.3) is 22.8 Å². The second-order valence-corrected chi connectivity index (χ2v) is 6.05. The third kappa shape index (κ3) is 3.74. The number of benzene rings is 2. The van der Waals surface area contributed by atoms with E-state index in [4.69, 9.17) is 13.7 Å². The first-order chi connectivity index (χ1) is 14.5. The van der Waals surface area contributed by atoms with Crippen molar-refractivity contribution in [3.8, 4) is 28.6 Å². The highest BCUT2D eigenvalue weighted by molar-refractivity contribution is 6.04. The Morgan fingerprint density at radius 2 is 1.87 bits per heavy atom. The molecule has 0 aliphatic heterocycles. The summed E-state index contributed by atoms with van der Waals surface area (Å²) >= 11 is 0. The quantitative estimate of drug-likeness (QED) is 0.372. The second kappa shape index (κ2) is 7.87. The SMILES string of the molecule is COc1ccc(-c2noc(-c3ccccc3NC(=O)c3ccc([N+](=O)[O-])o3)n2)cc1. The van der Waals surface area contributed by atoms with Gasteiger partial charge in [0.1, 0.15) is 10.7 Å². The Morgan fingerprint density at radius 3 is 2.57 bits per heavy atom. The Hall–Kier alpha value is -4.47. The van der Waals surface area contributed by atoms with E-state index in [1.54, 1.807) is 55.6 Å². The largest absolute Gasteiger partial charge is 0.497 e. The molecule has 4 aromatic rings. The van der Waals surface area contributed by atoms with E-state index in [0.717, 1.165) is 11.6 Å². The molecule has 0 aliphatic carbocycles. The highest BCUT2D eigenvalue weighted by Crippen LogP contribution is 2.29. The number of nitrogens with zero attached hydrogens (tertiary/aromatic N) is 3. The minimum Gasteiger partial charge on any atom is -0.497 e. The number of methoxy groups -OCH3 is 1. The molecule has 2 aromatic heterocycles. The zero-order valence-corrected chi connectivity index (χ0v) is 15.6. The minimum absolute atomic E-state index is 0.194. The van der Waals surface area contributed by atoms with Gasteiger partial charge in [-0.05, 0) is 42.5 Å². The summed E-state index contributed by atoms with van der Waals surface area (Å²) in [7, 11) is 1.58. The van der Waals surface area contributed by atoms with E-state index >= 15 is 0 Å². The van der Waals surface area contributed by atoms with Crippen LogP contribution in [0.2, 0.25) is 0 Å². The molecule has 0 spiro atoms. The fraction of sp³-hybridized carbons (Fsp3) is 0.0500. The molecule has 1 amide bonds. The van der Waals surface area contributed by atoms with Gasteiger partial charge in [0, 0.05) is 5.56 Å². The Morgan fingerprint density at radius 1 is 1.10 bits per heavy atom. The molecule has 0 unspecified atom stereocenters. The number of nitro groups is 1. The van der Waals surface area contributed by atoms with Crippen molar-refractivity contribution >= 4 is 17.5 Å². The van der Waals surface area contributed by atoms with Crippen LogP contribution in [0.5, 0.6) is 5.75 Å². The molecule has 0 fully saturated rings. The van der Waals surface area contributed by atoms with Gasteiger partial charge in [0.15, 0.2) is 5.76 Å². The monoisotopic (exact) mass is 406 g/mol. The number of ether oxygens (including phenoxy) is 1. The van der Waals surface area contributed by atoms with Gasteiger partial charge < -0.3 is 19.0 Å². The van der Waals surface area contributed by atoms with Crippen molar-refractivity contribution < 1.29 is 23.4 Å². The summed E-state index contributed by atoms with van der Waals surface area (Å²) in [6.45, 7) is 0. The molecule has 4 rings (SSSR count). The third-order valence-electron chi connectivity index (χ3n) is 4.18. The second-order valence-electron chi connectivity index (χ2n) is 6.05. The summed E-state index contributed by atoms with van der Waals surface area (Å²) in [6, 6.07) is 16.3. The van der Waals surface area contributed by atoms with E-state index < -0.39 is 16.7 Å². The molecule has 30 heavy (non-hydrogen) atoms. The first-order valence-corrected chi connectivity index (χ1v) is 8.68. The van der Waals surface area contributed by atoms with Crippen LogP contribution < -0.4 is 10.1 Å². The lowest BCUT2D eigenvalue weighted by Crippen LogP contribution is -2.11. The Balaban J connectivity index is 1.59. The predicted molar refractivity (Wildman–Crippen MR) is 105 cm³/mol. The molecular formula is C20H14N4O6. The summed E-state index contributed by atoms with van der Waals surface area (Å²) in [5.41, 5.74) is 1.60. The lowest BCUT2D eigenvalue weighted by molar-refractivity contribution is -0.402. The number of amides is 1. The number of para-hydroxylation sites is 1. The molecular weight excluding hydrogens is 392 g/mol. The molecule has 2 aromatic carbocycles. The fourth-order valence-corrected chi connectivity index (χ4v) is 2.70. The number of rotatable bonds is 6. The van der Waals surface area contributed by atoms with Crippen molar-refractivity contribution in [3.63, 3.8) is 0 Å². The Labute approximate surface area is 169 Å². The summed E-state index contributed by atoms with van der Waals surface area (Å²) < 4.78 is 15.4. The molecule has 1 N–H and O–H groups in total. The topological polar surface area (TPSA) is 134 Å². The maximum absolute atomic E-state index is 12.4. The van der Waals surface area contributed by atoms with Crippen LogP contribution in [0.3, 0.4) is 0 Å². The van der Waals surface area contributed by atoms with Gasteiger partial charge in [-0.3, -0.25) is 14.9 Å². The number of nitrogens with one attached hydrogen (secondary N) is 1. The van der Waals surface area contributed by atoms with Crippen LogP contribution in [-0.4, -0.2) is 28.1 Å². The molecule has 0 saturated heterocycles. The number of hydrogen-bond acceptors (Lipinski definition) is 8. The van der Waals surface area contributed by atoms with Crippen molar-refractivity contribution in [2.24, 2.45) is 0 Å². The average molecular weight is 406 g/mol. The highest BCUT2D eigenvalue weighted by atomic mass is 16.6. The van der Waals surface area contributed by atoms with Gasteiger partial charge in [0.2, 0.25) is 5.82 Å². The Kier molecular flexibility index (Phi) is 4.95. The molecule has 10 nitrogen and oxygen atoms in total. The van der Waals surface area contributed by atoms with Gasteiger partial charge >= 0.3 is 5.88 Å². The van der Waals surface area contributed by atoms with Gasteiger partial charge in [-0.2, -0.15) is 4.98 Å². The van der Waals surface area contributed by atoms with Gasteiger partial charge in [-0.15, -0.1) is 0 Å². The van der Waals surface area contributed by atoms with E-state index in [1.165, 1.54) is 6.07 Å². The summed E-state index contributed by atoms with van der Waals surface area (Å²) in [5.74, 6) is -0.0906. The van der Waals surface area contributed by atoms with Gasteiger partial charge in [0.05, 0.1) is 24.4 Å². The highest BCUT2D eigenvalue weighted by Gasteiger charge is 2.20. The van der Waals surface area contributed by atoms with Crippen molar-refractivity contribution in [2.45, 2.75) is 0 Å². The first-order valence-electron chi connectivity index (χ1n) is 8.68. The summed E-state index contributed by atoms with van der Waals surface area (Å²) in [4.78, 5) is 26.8. The van der Waals surface area contributed by atoms with Crippen LogP contribution in [-0.2, 0) is 0 Å². The van der Waals surface area contributed by atoms with E-state index in [0.29, 0.717) is 22.8 Å². The maximum atomic E-state index is 12.4. The average Bonchev–Trinajstić information content (AvgIpc) is 3.44. The molecule has 0 aliphatic rings. The van der Waals surface area contributed by atoms with Crippen LogP contribution in [0, 0.1) is 10.1 Å². The normalized spacial score (nSPS) is 10.6. The number of aromatic nitrogens is 2. The van der Waals surface area contributed by atoms with Crippen molar-refractivity contribution in [3.05, 3.63) is 76.5 Å². The number of anilines is 1. The summed E-state index contributed by atoms with van der Waals surface area (Å²) in [6.07, 6.45) is 0. The smallest absolute Gasteiger partial charge is 0.433 e. The van der Waals surface area contributed by atoms with E-state index in [9.17, 15) is 14.9 Å². The van der Waals surface area contributed by atoms with Gasteiger partial charge in [-0.1, -0.05) is 17.3 Å². The van der Waals surface area contributed by atoms with Crippen LogP contribution in [0.1, 0.15) is 10.6 Å². The molecule has 0 atom stereocenters. The number of carbonyl (C=O) groups is 1.